The lowest BCUT2D eigenvalue weighted by Crippen LogP contribution is -2.44. The number of likely N-dealkylation sites (N-methyl/N-ethyl adjacent to an activating group) is 1. The fraction of sp³-hybridized carbons (Fsp3) is 0.650. The van der Waals surface area contributed by atoms with Crippen molar-refractivity contribution in [3.8, 4) is 0 Å². The Labute approximate surface area is 163 Å². The fourth-order valence-corrected chi connectivity index (χ4v) is 4.02. The summed E-state index contributed by atoms with van der Waals surface area (Å²) in [6.45, 7) is 9.96. The average Bonchev–Trinajstić information content (AvgIpc) is 3.11. The second kappa shape index (κ2) is 10.8. The molecule has 2 rings (SSSR count). The zero-order valence-corrected chi connectivity index (χ0v) is 17.3. The highest BCUT2D eigenvalue weighted by molar-refractivity contribution is 6.31. The maximum Gasteiger partial charge on any atom is 0.193 e. The van der Waals surface area contributed by atoms with Gasteiger partial charge in [0.2, 0.25) is 0 Å². The Morgan fingerprint density at radius 2 is 2.12 bits per heavy atom. The fourth-order valence-electron chi connectivity index (χ4n) is 3.76. The summed E-state index contributed by atoms with van der Waals surface area (Å²) < 4.78 is 5.31. The van der Waals surface area contributed by atoms with Crippen molar-refractivity contribution < 1.29 is 4.74 Å². The number of guanidine groups is 1. The van der Waals surface area contributed by atoms with E-state index in [2.05, 4.69) is 46.1 Å². The molecule has 0 bridgehead atoms. The number of hydrogen-bond donors (Lipinski definition) is 1. The minimum atomic E-state index is 0.216. The van der Waals surface area contributed by atoms with Gasteiger partial charge in [-0.1, -0.05) is 43.6 Å². The third kappa shape index (κ3) is 5.35. The average molecular weight is 381 g/mol. The van der Waals surface area contributed by atoms with Crippen LogP contribution < -0.4 is 5.32 Å². The molecule has 0 radical (unpaired) electrons. The third-order valence-corrected chi connectivity index (χ3v) is 5.51. The molecule has 1 aliphatic rings. The zero-order chi connectivity index (χ0) is 18.9. The van der Waals surface area contributed by atoms with Crippen LogP contribution in [0.25, 0.3) is 0 Å². The molecule has 1 saturated heterocycles. The van der Waals surface area contributed by atoms with Gasteiger partial charge < -0.3 is 15.0 Å². The van der Waals surface area contributed by atoms with Gasteiger partial charge in [-0.05, 0) is 31.1 Å². The Morgan fingerprint density at radius 1 is 1.38 bits per heavy atom. The Balaban J connectivity index is 2.07. The van der Waals surface area contributed by atoms with Crippen LogP contribution in [0.2, 0.25) is 5.02 Å². The quantitative estimate of drug-likeness (QED) is 0.555. The standard InChI is InChI=1S/C20H33ClN4O/c1-5-24(6-2)19(17-9-7-8-10-18(17)21)13-23-20(22-3)25-12-11-16(14-25)15-26-4/h7-10,16,19H,5-6,11-15H2,1-4H3,(H,22,23). The normalized spacial score (nSPS) is 19.2. The van der Waals surface area contributed by atoms with Crippen LogP contribution in [-0.4, -0.2) is 69.2 Å². The largest absolute Gasteiger partial charge is 0.384 e. The van der Waals surface area contributed by atoms with E-state index >= 15 is 0 Å². The molecule has 2 unspecified atom stereocenters. The second-order valence-electron chi connectivity index (χ2n) is 6.74. The minimum absolute atomic E-state index is 0.216. The van der Waals surface area contributed by atoms with E-state index in [1.54, 1.807) is 7.11 Å². The van der Waals surface area contributed by atoms with Gasteiger partial charge in [-0.2, -0.15) is 0 Å². The minimum Gasteiger partial charge on any atom is -0.384 e. The number of aliphatic imine (C=N–C) groups is 1. The number of benzene rings is 1. The van der Waals surface area contributed by atoms with E-state index in [0.717, 1.165) is 56.7 Å². The summed E-state index contributed by atoms with van der Waals surface area (Å²) in [5.74, 6) is 1.55. The highest BCUT2D eigenvalue weighted by atomic mass is 35.5. The van der Waals surface area contributed by atoms with Crippen molar-refractivity contribution in [1.82, 2.24) is 15.1 Å². The molecule has 146 valence electrons. The molecule has 1 aliphatic heterocycles. The number of nitrogens with zero attached hydrogens (tertiary/aromatic N) is 3. The predicted molar refractivity (Wildman–Crippen MR) is 110 cm³/mol. The van der Waals surface area contributed by atoms with E-state index in [9.17, 15) is 0 Å². The first-order chi connectivity index (χ1) is 12.6. The second-order valence-corrected chi connectivity index (χ2v) is 7.15. The summed E-state index contributed by atoms with van der Waals surface area (Å²) in [6.07, 6.45) is 1.15. The van der Waals surface area contributed by atoms with Crippen LogP contribution >= 0.6 is 11.6 Å². The number of ether oxygens (including phenoxy) is 1. The van der Waals surface area contributed by atoms with Gasteiger partial charge in [-0.3, -0.25) is 9.89 Å². The highest BCUT2D eigenvalue weighted by Crippen LogP contribution is 2.27. The van der Waals surface area contributed by atoms with Crippen LogP contribution in [0.15, 0.2) is 29.3 Å². The van der Waals surface area contributed by atoms with Crippen molar-refractivity contribution in [2.24, 2.45) is 10.9 Å². The molecule has 6 heteroatoms. The number of methoxy groups -OCH3 is 1. The first-order valence-electron chi connectivity index (χ1n) is 9.57. The smallest absolute Gasteiger partial charge is 0.193 e. The highest BCUT2D eigenvalue weighted by Gasteiger charge is 2.26. The number of hydrogen-bond acceptors (Lipinski definition) is 3. The molecule has 0 aliphatic carbocycles. The molecule has 0 saturated carbocycles. The van der Waals surface area contributed by atoms with Crippen LogP contribution in [-0.2, 0) is 4.74 Å². The van der Waals surface area contributed by atoms with Gasteiger partial charge in [0, 0.05) is 44.7 Å². The van der Waals surface area contributed by atoms with Crippen LogP contribution in [0, 0.1) is 5.92 Å². The summed E-state index contributed by atoms with van der Waals surface area (Å²) in [5, 5.41) is 4.41. The Hall–Kier alpha value is -1.30. The van der Waals surface area contributed by atoms with Gasteiger partial charge in [-0.15, -0.1) is 0 Å². The van der Waals surface area contributed by atoms with Crippen molar-refractivity contribution in [3.05, 3.63) is 34.9 Å². The third-order valence-electron chi connectivity index (χ3n) is 5.17. The molecule has 1 aromatic carbocycles. The monoisotopic (exact) mass is 380 g/mol. The Kier molecular flexibility index (Phi) is 8.69. The molecule has 5 nitrogen and oxygen atoms in total. The molecule has 26 heavy (non-hydrogen) atoms. The Bertz CT molecular complexity index is 577. The van der Waals surface area contributed by atoms with Gasteiger partial charge in [-0.25, -0.2) is 0 Å². The van der Waals surface area contributed by atoms with Gasteiger partial charge in [0.05, 0.1) is 12.6 Å². The summed E-state index contributed by atoms with van der Waals surface area (Å²) in [6, 6.07) is 8.35. The van der Waals surface area contributed by atoms with Crippen LogP contribution in [0.5, 0.6) is 0 Å². The molecular formula is C20H33ClN4O. The summed E-state index contributed by atoms with van der Waals surface area (Å²) in [5.41, 5.74) is 1.17. The van der Waals surface area contributed by atoms with E-state index < -0.39 is 0 Å². The summed E-state index contributed by atoms with van der Waals surface area (Å²) in [7, 11) is 3.63. The number of likely N-dealkylation sites (tertiary alicyclic amines) is 1. The number of halogens is 1. The van der Waals surface area contributed by atoms with Crippen molar-refractivity contribution in [2.75, 3.05) is 53.5 Å². The number of nitrogens with one attached hydrogen (secondary N) is 1. The van der Waals surface area contributed by atoms with Crippen molar-refractivity contribution >= 4 is 17.6 Å². The lowest BCUT2D eigenvalue weighted by molar-refractivity contribution is 0.157. The lowest BCUT2D eigenvalue weighted by Gasteiger charge is -2.32. The molecule has 2 atom stereocenters. The van der Waals surface area contributed by atoms with Gasteiger partial charge in [0.1, 0.15) is 0 Å². The van der Waals surface area contributed by atoms with Gasteiger partial charge in [0.25, 0.3) is 0 Å². The van der Waals surface area contributed by atoms with Crippen molar-refractivity contribution in [2.45, 2.75) is 26.3 Å². The SMILES string of the molecule is CCN(CC)C(CNC(=NC)N1CCC(COC)C1)c1ccccc1Cl. The van der Waals surface area contributed by atoms with Crippen molar-refractivity contribution in [3.63, 3.8) is 0 Å². The molecular weight excluding hydrogens is 348 g/mol. The molecule has 1 N–H and O–H groups in total. The summed E-state index contributed by atoms with van der Waals surface area (Å²) >= 11 is 6.50. The van der Waals surface area contributed by atoms with E-state index in [0.29, 0.717) is 5.92 Å². The van der Waals surface area contributed by atoms with Gasteiger partial charge in [0.15, 0.2) is 5.96 Å². The van der Waals surface area contributed by atoms with Crippen LogP contribution in [0.3, 0.4) is 0 Å². The van der Waals surface area contributed by atoms with E-state index in [-0.39, 0.29) is 6.04 Å². The predicted octanol–water partition coefficient (Wildman–Crippen LogP) is 3.27. The van der Waals surface area contributed by atoms with Crippen molar-refractivity contribution in [1.29, 1.82) is 0 Å². The van der Waals surface area contributed by atoms with Crippen LogP contribution in [0.4, 0.5) is 0 Å². The topological polar surface area (TPSA) is 40.1 Å². The van der Waals surface area contributed by atoms with Crippen LogP contribution in [0.1, 0.15) is 31.9 Å². The van der Waals surface area contributed by atoms with E-state index in [1.807, 2.05) is 19.2 Å². The molecule has 0 spiro atoms. The number of rotatable bonds is 8. The molecule has 1 fully saturated rings. The van der Waals surface area contributed by atoms with E-state index in [4.69, 9.17) is 16.3 Å². The molecule has 0 amide bonds. The zero-order valence-electron chi connectivity index (χ0n) is 16.5. The first-order valence-corrected chi connectivity index (χ1v) is 9.95. The Morgan fingerprint density at radius 3 is 2.73 bits per heavy atom. The lowest BCUT2D eigenvalue weighted by atomic mass is 10.0. The van der Waals surface area contributed by atoms with Gasteiger partial charge >= 0.3 is 0 Å². The van der Waals surface area contributed by atoms with E-state index in [1.165, 1.54) is 5.56 Å². The summed E-state index contributed by atoms with van der Waals surface area (Å²) in [4.78, 5) is 9.26. The molecule has 1 heterocycles. The maximum atomic E-state index is 6.50. The molecule has 1 aromatic rings. The maximum absolute atomic E-state index is 6.50. The molecule has 0 aromatic heterocycles. The first kappa shape index (κ1) is 21.0.